The Bertz CT molecular complexity index is 355. The summed E-state index contributed by atoms with van der Waals surface area (Å²) in [4.78, 5) is 3.24. The van der Waals surface area contributed by atoms with E-state index >= 15 is 0 Å². The fourth-order valence-electron chi connectivity index (χ4n) is 2.87. The second-order valence-electron chi connectivity index (χ2n) is 5.73. The first-order valence-electron chi connectivity index (χ1n) is 7.18. The smallest absolute Gasteiger partial charge is 0.0386 e. The van der Waals surface area contributed by atoms with Gasteiger partial charge in [0.1, 0.15) is 0 Å². The Morgan fingerprint density at radius 1 is 1.29 bits per heavy atom. The quantitative estimate of drug-likeness (QED) is 0.848. The molecule has 0 amide bonds. The minimum Gasteiger partial charge on any atom is -0.309 e. The molecule has 0 aliphatic heterocycles. The van der Waals surface area contributed by atoms with Crippen molar-refractivity contribution in [3.05, 3.63) is 21.4 Å². The van der Waals surface area contributed by atoms with E-state index in [9.17, 15) is 0 Å². The largest absolute Gasteiger partial charge is 0.309 e. The maximum Gasteiger partial charge on any atom is 0.0386 e. The van der Waals surface area contributed by atoms with E-state index in [-0.39, 0.29) is 0 Å². The summed E-state index contributed by atoms with van der Waals surface area (Å²) in [7, 11) is 0. The van der Waals surface area contributed by atoms with Gasteiger partial charge >= 0.3 is 0 Å². The van der Waals surface area contributed by atoms with Crippen LogP contribution in [0.2, 0.25) is 0 Å². The Kier molecular flexibility index (Phi) is 3.53. The number of hydrogen-bond donors (Lipinski definition) is 1. The molecule has 1 fully saturated rings. The first kappa shape index (κ1) is 11.7. The van der Waals surface area contributed by atoms with Gasteiger partial charge in [0.25, 0.3) is 0 Å². The van der Waals surface area contributed by atoms with Crippen molar-refractivity contribution < 1.29 is 0 Å². The van der Waals surface area contributed by atoms with Gasteiger partial charge in [0.2, 0.25) is 0 Å². The summed E-state index contributed by atoms with van der Waals surface area (Å²) in [5.41, 5.74) is 1.65. The highest BCUT2D eigenvalue weighted by molar-refractivity contribution is 7.12. The summed E-state index contributed by atoms with van der Waals surface area (Å²) < 4.78 is 0. The molecule has 1 N–H and O–H groups in total. The van der Waals surface area contributed by atoms with Crippen LogP contribution in [0, 0.1) is 5.92 Å². The molecule has 1 nitrogen and oxygen atoms in total. The zero-order valence-electron chi connectivity index (χ0n) is 10.8. The van der Waals surface area contributed by atoms with Crippen molar-refractivity contribution in [1.82, 2.24) is 5.32 Å². The molecule has 0 spiro atoms. The molecule has 1 saturated carbocycles. The van der Waals surface area contributed by atoms with Crippen molar-refractivity contribution in [2.75, 3.05) is 6.54 Å². The predicted octanol–water partition coefficient (Wildman–Crippen LogP) is 4.08. The number of hydrogen-bond acceptors (Lipinski definition) is 2. The SMILES string of the molecule is CC(NCC1CCC1)c1cc2c(s1)CCCC2. The van der Waals surface area contributed by atoms with Crippen molar-refractivity contribution in [2.45, 2.75) is 57.9 Å². The molecule has 0 saturated heterocycles. The van der Waals surface area contributed by atoms with Gasteiger partial charge in [-0.05, 0) is 69.5 Å². The Balaban J connectivity index is 1.60. The van der Waals surface area contributed by atoms with E-state index in [1.165, 1.54) is 51.5 Å². The number of aryl methyl sites for hydroxylation is 2. The lowest BCUT2D eigenvalue weighted by molar-refractivity contribution is 0.293. The molecule has 94 valence electrons. The van der Waals surface area contributed by atoms with Crippen LogP contribution in [0.3, 0.4) is 0 Å². The molecule has 0 radical (unpaired) electrons. The molecule has 2 aliphatic carbocycles. The van der Waals surface area contributed by atoms with Gasteiger partial charge in [-0.15, -0.1) is 11.3 Å². The lowest BCUT2D eigenvalue weighted by atomic mass is 9.85. The van der Waals surface area contributed by atoms with Crippen molar-refractivity contribution in [3.8, 4) is 0 Å². The minimum atomic E-state index is 0.561. The molecule has 1 aromatic rings. The van der Waals surface area contributed by atoms with Crippen LogP contribution < -0.4 is 5.32 Å². The molecule has 2 heteroatoms. The number of fused-ring (bicyclic) bond motifs is 1. The van der Waals surface area contributed by atoms with Gasteiger partial charge in [-0.3, -0.25) is 0 Å². The van der Waals surface area contributed by atoms with Crippen molar-refractivity contribution >= 4 is 11.3 Å². The van der Waals surface area contributed by atoms with Crippen LogP contribution in [-0.2, 0) is 12.8 Å². The first-order chi connectivity index (χ1) is 8.33. The maximum absolute atomic E-state index is 3.72. The number of nitrogens with one attached hydrogen (secondary N) is 1. The maximum atomic E-state index is 3.72. The van der Waals surface area contributed by atoms with Gasteiger partial charge in [-0.25, -0.2) is 0 Å². The predicted molar refractivity (Wildman–Crippen MR) is 74.7 cm³/mol. The van der Waals surface area contributed by atoms with Gasteiger partial charge in [0.05, 0.1) is 0 Å². The van der Waals surface area contributed by atoms with Crippen LogP contribution in [-0.4, -0.2) is 6.54 Å². The normalized spacial score (nSPS) is 21.9. The first-order valence-corrected chi connectivity index (χ1v) is 7.99. The fourth-order valence-corrected chi connectivity index (χ4v) is 4.15. The van der Waals surface area contributed by atoms with Crippen LogP contribution in [0.4, 0.5) is 0 Å². The van der Waals surface area contributed by atoms with Crippen molar-refractivity contribution in [2.24, 2.45) is 5.92 Å². The molecule has 17 heavy (non-hydrogen) atoms. The zero-order chi connectivity index (χ0) is 11.7. The van der Waals surface area contributed by atoms with Crippen LogP contribution >= 0.6 is 11.3 Å². The molecular weight excluding hydrogens is 226 g/mol. The minimum absolute atomic E-state index is 0.561. The van der Waals surface area contributed by atoms with E-state index in [1.54, 1.807) is 15.3 Å². The topological polar surface area (TPSA) is 12.0 Å². The highest BCUT2D eigenvalue weighted by atomic mass is 32.1. The molecule has 2 aliphatic rings. The summed E-state index contributed by atoms with van der Waals surface area (Å²) in [5, 5.41) is 3.72. The molecular formula is C15H23NS. The zero-order valence-corrected chi connectivity index (χ0v) is 11.6. The third kappa shape index (κ3) is 2.58. The van der Waals surface area contributed by atoms with Crippen LogP contribution in [0.15, 0.2) is 6.07 Å². The molecule has 1 atom stereocenters. The lowest BCUT2D eigenvalue weighted by Gasteiger charge is -2.27. The molecule has 0 bridgehead atoms. The second-order valence-corrected chi connectivity index (χ2v) is 6.90. The Morgan fingerprint density at radius 3 is 2.82 bits per heavy atom. The van der Waals surface area contributed by atoms with Crippen LogP contribution in [0.25, 0.3) is 0 Å². The Morgan fingerprint density at radius 2 is 2.12 bits per heavy atom. The third-order valence-corrected chi connectivity index (χ3v) is 5.80. The van der Waals surface area contributed by atoms with Crippen molar-refractivity contribution in [1.29, 1.82) is 0 Å². The van der Waals surface area contributed by atoms with E-state index in [2.05, 4.69) is 29.6 Å². The standard InChI is InChI=1S/C15H23NS/c1-11(16-10-12-5-4-6-12)15-9-13-7-2-3-8-14(13)17-15/h9,11-12,16H,2-8,10H2,1H3. The van der Waals surface area contributed by atoms with Gasteiger partial charge in [-0.2, -0.15) is 0 Å². The third-order valence-electron chi connectivity index (χ3n) is 4.38. The highest BCUT2D eigenvalue weighted by Gasteiger charge is 2.20. The lowest BCUT2D eigenvalue weighted by Crippen LogP contribution is -2.28. The second kappa shape index (κ2) is 5.11. The van der Waals surface area contributed by atoms with Gasteiger partial charge in [0, 0.05) is 15.8 Å². The number of rotatable bonds is 4. The summed E-state index contributed by atoms with van der Waals surface area (Å²) in [6.45, 7) is 3.56. The van der Waals surface area contributed by atoms with Gasteiger partial charge < -0.3 is 5.32 Å². The Labute approximate surface area is 109 Å². The van der Waals surface area contributed by atoms with E-state index in [4.69, 9.17) is 0 Å². The fraction of sp³-hybridized carbons (Fsp3) is 0.733. The monoisotopic (exact) mass is 249 g/mol. The van der Waals surface area contributed by atoms with Crippen LogP contribution in [0.1, 0.15) is 60.4 Å². The summed E-state index contributed by atoms with van der Waals surface area (Å²) >= 11 is 2.06. The number of thiophene rings is 1. The van der Waals surface area contributed by atoms with Gasteiger partial charge in [-0.1, -0.05) is 6.42 Å². The van der Waals surface area contributed by atoms with Crippen molar-refractivity contribution in [3.63, 3.8) is 0 Å². The average Bonchev–Trinajstić information content (AvgIpc) is 2.70. The molecule has 3 rings (SSSR count). The highest BCUT2D eigenvalue weighted by Crippen LogP contribution is 2.33. The van der Waals surface area contributed by atoms with E-state index in [0.717, 1.165) is 5.92 Å². The Hall–Kier alpha value is -0.340. The molecule has 0 aromatic carbocycles. The summed E-state index contributed by atoms with van der Waals surface area (Å²) in [5.74, 6) is 0.965. The van der Waals surface area contributed by atoms with E-state index < -0.39 is 0 Å². The van der Waals surface area contributed by atoms with Crippen LogP contribution in [0.5, 0.6) is 0 Å². The molecule has 1 heterocycles. The van der Waals surface area contributed by atoms with Gasteiger partial charge in [0.15, 0.2) is 0 Å². The van der Waals surface area contributed by atoms with E-state index in [0.29, 0.717) is 6.04 Å². The average molecular weight is 249 g/mol. The summed E-state index contributed by atoms with van der Waals surface area (Å²) in [6.07, 6.45) is 9.79. The van der Waals surface area contributed by atoms with E-state index in [1.807, 2.05) is 0 Å². The molecule has 1 unspecified atom stereocenters. The summed E-state index contributed by atoms with van der Waals surface area (Å²) in [6, 6.07) is 3.03. The molecule has 1 aromatic heterocycles.